The predicted molar refractivity (Wildman–Crippen MR) is 101 cm³/mol. The number of nitrogens with zero attached hydrogens (tertiary/aromatic N) is 1. The fourth-order valence-electron chi connectivity index (χ4n) is 4.00. The van der Waals surface area contributed by atoms with E-state index in [9.17, 15) is 9.59 Å². The van der Waals surface area contributed by atoms with Crippen molar-refractivity contribution in [1.29, 1.82) is 0 Å². The van der Waals surface area contributed by atoms with Crippen LogP contribution in [0.15, 0.2) is 43.0 Å². The van der Waals surface area contributed by atoms with Crippen molar-refractivity contribution in [3.8, 4) is 0 Å². The van der Waals surface area contributed by atoms with Crippen molar-refractivity contribution in [3.63, 3.8) is 0 Å². The Balaban J connectivity index is 2.01. The Hall–Kier alpha value is -2.14. The van der Waals surface area contributed by atoms with Gasteiger partial charge < -0.3 is 10.6 Å². The van der Waals surface area contributed by atoms with Crippen LogP contribution in [0.2, 0.25) is 0 Å². The summed E-state index contributed by atoms with van der Waals surface area (Å²) >= 11 is 0. The van der Waals surface area contributed by atoms with E-state index in [2.05, 4.69) is 49.8 Å². The number of amides is 2. The predicted octanol–water partition coefficient (Wildman–Crippen LogP) is 2.95. The standard InChI is InChI=1S/C20H29N3O2/c1-6-12-23-19(2,3)13-16(14-20(23,4)5)22-18(25)17(24)21-15-10-8-7-9-11-15/h6-11,16H,1,12-14H2,2-5H3,(H,21,24)(H,22,25). The Morgan fingerprint density at radius 2 is 1.68 bits per heavy atom. The number of likely N-dealkylation sites (tertiary alicyclic amines) is 1. The molecule has 1 aromatic rings. The van der Waals surface area contributed by atoms with Gasteiger partial charge in [-0.05, 0) is 52.7 Å². The molecule has 1 saturated heterocycles. The van der Waals surface area contributed by atoms with Crippen LogP contribution in [0.1, 0.15) is 40.5 Å². The summed E-state index contributed by atoms with van der Waals surface area (Å²) in [4.78, 5) is 26.8. The summed E-state index contributed by atoms with van der Waals surface area (Å²) in [5.74, 6) is -1.21. The first-order chi connectivity index (χ1) is 11.7. The van der Waals surface area contributed by atoms with E-state index in [0.29, 0.717) is 5.69 Å². The number of carbonyl (C=O) groups excluding carboxylic acids is 2. The van der Waals surface area contributed by atoms with Crippen LogP contribution >= 0.6 is 0 Å². The summed E-state index contributed by atoms with van der Waals surface area (Å²) in [5.41, 5.74) is 0.428. The highest BCUT2D eigenvalue weighted by Crippen LogP contribution is 2.38. The molecule has 5 heteroatoms. The Kier molecular flexibility index (Phi) is 5.68. The number of benzene rings is 1. The Labute approximate surface area is 150 Å². The third kappa shape index (κ3) is 4.69. The van der Waals surface area contributed by atoms with Gasteiger partial charge in [0.25, 0.3) is 0 Å². The average Bonchev–Trinajstić information content (AvgIpc) is 2.51. The molecule has 0 bridgehead atoms. The molecule has 0 aromatic heterocycles. The number of hydrogen-bond donors (Lipinski definition) is 2. The molecule has 136 valence electrons. The number of piperidine rings is 1. The van der Waals surface area contributed by atoms with Gasteiger partial charge in [-0.15, -0.1) is 6.58 Å². The molecule has 2 rings (SSSR count). The molecule has 0 spiro atoms. The summed E-state index contributed by atoms with van der Waals surface area (Å²) in [6.07, 6.45) is 3.49. The van der Waals surface area contributed by atoms with E-state index in [4.69, 9.17) is 0 Å². The van der Waals surface area contributed by atoms with Crippen molar-refractivity contribution in [1.82, 2.24) is 10.2 Å². The minimum atomic E-state index is -0.629. The SMILES string of the molecule is C=CCN1C(C)(C)CC(NC(=O)C(=O)Nc2ccccc2)CC1(C)C. The van der Waals surface area contributed by atoms with Crippen LogP contribution in [0.4, 0.5) is 5.69 Å². The van der Waals surface area contributed by atoms with E-state index in [0.717, 1.165) is 19.4 Å². The molecule has 0 saturated carbocycles. The molecule has 2 amide bonds. The van der Waals surface area contributed by atoms with Crippen molar-refractivity contribution >= 4 is 17.5 Å². The third-order valence-corrected chi connectivity index (χ3v) is 4.84. The zero-order valence-electron chi connectivity index (χ0n) is 15.6. The highest BCUT2D eigenvalue weighted by atomic mass is 16.2. The normalized spacial score (nSPS) is 19.8. The van der Waals surface area contributed by atoms with Gasteiger partial charge in [-0.25, -0.2) is 0 Å². The zero-order valence-corrected chi connectivity index (χ0v) is 15.6. The molecule has 2 N–H and O–H groups in total. The summed E-state index contributed by atoms with van der Waals surface area (Å²) in [6, 6.07) is 8.95. The van der Waals surface area contributed by atoms with Crippen molar-refractivity contribution < 1.29 is 9.59 Å². The van der Waals surface area contributed by atoms with Gasteiger partial charge in [0.15, 0.2) is 0 Å². The average molecular weight is 343 g/mol. The first-order valence-corrected chi connectivity index (χ1v) is 8.71. The smallest absolute Gasteiger partial charge is 0.313 e. The van der Waals surface area contributed by atoms with Gasteiger partial charge in [-0.2, -0.15) is 0 Å². The van der Waals surface area contributed by atoms with Crippen LogP contribution in [-0.2, 0) is 9.59 Å². The van der Waals surface area contributed by atoms with Gasteiger partial charge in [0.05, 0.1) is 0 Å². The Bertz CT molecular complexity index is 620. The van der Waals surface area contributed by atoms with Gasteiger partial charge in [0.2, 0.25) is 0 Å². The number of nitrogens with one attached hydrogen (secondary N) is 2. The van der Waals surface area contributed by atoms with Crippen LogP contribution in [0, 0.1) is 0 Å². The van der Waals surface area contributed by atoms with Crippen molar-refractivity contribution in [2.75, 3.05) is 11.9 Å². The Morgan fingerprint density at radius 1 is 1.12 bits per heavy atom. The van der Waals surface area contributed by atoms with Gasteiger partial charge in [-0.3, -0.25) is 14.5 Å². The second-order valence-corrected chi connectivity index (χ2v) is 7.92. The van der Waals surface area contributed by atoms with Crippen LogP contribution in [-0.4, -0.2) is 40.4 Å². The third-order valence-electron chi connectivity index (χ3n) is 4.84. The largest absolute Gasteiger partial charge is 0.345 e. The summed E-state index contributed by atoms with van der Waals surface area (Å²) in [5, 5.41) is 5.54. The molecule has 0 aliphatic carbocycles. The van der Waals surface area contributed by atoms with E-state index in [1.165, 1.54) is 0 Å². The fraction of sp³-hybridized carbons (Fsp3) is 0.500. The van der Waals surface area contributed by atoms with Crippen LogP contribution < -0.4 is 10.6 Å². The summed E-state index contributed by atoms with van der Waals surface area (Å²) < 4.78 is 0. The van der Waals surface area contributed by atoms with Crippen molar-refractivity contribution in [2.45, 2.75) is 57.7 Å². The first-order valence-electron chi connectivity index (χ1n) is 8.71. The molecular formula is C20H29N3O2. The van der Waals surface area contributed by atoms with Crippen LogP contribution in [0.5, 0.6) is 0 Å². The molecule has 0 atom stereocenters. The molecule has 1 heterocycles. The maximum Gasteiger partial charge on any atom is 0.313 e. The van der Waals surface area contributed by atoms with E-state index in [-0.39, 0.29) is 17.1 Å². The van der Waals surface area contributed by atoms with Crippen LogP contribution in [0.3, 0.4) is 0 Å². The van der Waals surface area contributed by atoms with Crippen LogP contribution in [0.25, 0.3) is 0 Å². The molecular weight excluding hydrogens is 314 g/mol. The van der Waals surface area contributed by atoms with E-state index in [1.54, 1.807) is 12.1 Å². The van der Waals surface area contributed by atoms with E-state index < -0.39 is 11.8 Å². The lowest BCUT2D eigenvalue weighted by Gasteiger charge is -2.55. The number of carbonyl (C=O) groups is 2. The number of hydrogen-bond acceptors (Lipinski definition) is 3. The topological polar surface area (TPSA) is 61.4 Å². The second-order valence-electron chi connectivity index (χ2n) is 7.92. The molecule has 5 nitrogen and oxygen atoms in total. The minimum absolute atomic E-state index is 0.0416. The fourth-order valence-corrected chi connectivity index (χ4v) is 4.00. The van der Waals surface area contributed by atoms with Crippen molar-refractivity contribution in [2.24, 2.45) is 0 Å². The van der Waals surface area contributed by atoms with E-state index >= 15 is 0 Å². The van der Waals surface area contributed by atoms with E-state index in [1.807, 2.05) is 24.3 Å². The monoisotopic (exact) mass is 343 g/mol. The second kappa shape index (κ2) is 7.40. The molecule has 0 unspecified atom stereocenters. The highest BCUT2D eigenvalue weighted by molar-refractivity contribution is 6.39. The van der Waals surface area contributed by atoms with Gasteiger partial charge >= 0.3 is 11.8 Å². The molecule has 1 fully saturated rings. The zero-order chi connectivity index (χ0) is 18.7. The van der Waals surface area contributed by atoms with Gasteiger partial charge in [-0.1, -0.05) is 24.3 Å². The first kappa shape index (κ1) is 19.2. The van der Waals surface area contributed by atoms with Gasteiger partial charge in [0, 0.05) is 29.4 Å². The number of para-hydroxylation sites is 1. The minimum Gasteiger partial charge on any atom is -0.345 e. The maximum absolute atomic E-state index is 12.3. The Morgan fingerprint density at radius 3 is 2.20 bits per heavy atom. The van der Waals surface area contributed by atoms with Crippen molar-refractivity contribution in [3.05, 3.63) is 43.0 Å². The number of rotatable bonds is 4. The van der Waals surface area contributed by atoms with Gasteiger partial charge in [0.1, 0.15) is 0 Å². The lowest BCUT2D eigenvalue weighted by Crippen LogP contribution is -2.64. The quantitative estimate of drug-likeness (QED) is 0.653. The summed E-state index contributed by atoms with van der Waals surface area (Å²) in [7, 11) is 0. The molecule has 25 heavy (non-hydrogen) atoms. The maximum atomic E-state index is 12.3. The lowest BCUT2D eigenvalue weighted by atomic mass is 9.77. The number of anilines is 1. The summed E-state index contributed by atoms with van der Waals surface area (Å²) in [6.45, 7) is 13.3. The molecule has 0 radical (unpaired) electrons. The molecule has 1 aliphatic rings. The highest BCUT2D eigenvalue weighted by Gasteiger charge is 2.45. The molecule has 1 aromatic carbocycles. The molecule has 1 aliphatic heterocycles. The lowest BCUT2D eigenvalue weighted by molar-refractivity contribution is -0.137.